The second-order valence-electron chi connectivity index (χ2n) is 6.80. The number of rotatable bonds is 8. The topological polar surface area (TPSA) is 86.7 Å². The zero-order valence-electron chi connectivity index (χ0n) is 16.4. The third kappa shape index (κ3) is 4.76. The number of para-hydroxylation sites is 1. The molecule has 28 heavy (non-hydrogen) atoms. The van der Waals surface area contributed by atoms with Crippen LogP contribution in [0.4, 0.5) is 11.4 Å². The standard InChI is InChI=1S/C22H26N2O4/c1-4-22(5-2,21(27)28)15-19(25)23-17-11-9-10-16(14-17)20(26)24(3)18-12-7-6-8-13-18/h6-14H,4-5,15H2,1-3H3,(H,23,25)(H,27,28). The minimum atomic E-state index is -1.08. The van der Waals surface area contributed by atoms with Crippen LogP contribution < -0.4 is 10.2 Å². The quantitative estimate of drug-likeness (QED) is 0.717. The fraction of sp³-hybridized carbons (Fsp3) is 0.318. The van der Waals surface area contributed by atoms with Crippen molar-refractivity contribution >= 4 is 29.2 Å². The van der Waals surface area contributed by atoms with E-state index in [2.05, 4.69) is 5.32 Å². The summed E-state index contributed by atoms with van der Waals surface area (Å²) in [5.41, 5.74) is 0.577. The molecule has 0 saturated carbocycles. The molecule has 2 aromatic rings. The van der Waals surface area contributed by atoms with Crippen LogP contribution >= 0.6 is 0 Å². The average molecular weight is 382 g/mol. The van der Waals surface area contributed by atoms with E-state index in [1.54, 1.807) is 45.2 Å². The summed E-state index contributed by atoms with van der Waals surface area (Å²) in [6.07, 6.45) is 0.622. The molecule has 0 heterocycles. The highest BCUT2D eigenvalue weighted by molar-refractivity contribution is 6.06. The van der Waals surface area contributed by atoms with Gasteiger partial charge in [0.05, 0.1) is 5.41 Å². The maximum absolute atomic E-state index is 12.7. The van der Waals surface area contributed by atoms with E-state index in [1.807, 2.05) is 30.3 Å². The SMILES string of the molecule is CCC(CC)(CC(=O)Nc1cccc(C(=O)N(C)c2ccccc2)c1)C(=O)O. The number of nitrogens with zero attached hydrogens (tertiary/aromatic N) is 1. The summed E-state index contributed by atoms with van der Waals surface area (Å²) in [6.45, 7) is 3.53. The molecule has 6 heteroatoms. The van der Waals surface area contributed by atoms with Gasteiger partial charge in [-0.05, 0) is 43.2 Å². The third-order valence-corrected chi connectivity index (χ3v) is 5.15. The van der Waals surface area contributed by atoms with Gasteiger partial charge in [0, 0.05) is 30.4 Å². The number of aliphatic carboxylic acids is 1. The van der Waals surface area contributed by atoms with Crippen LogP contribution in [0.1, 0.15) is 43.5 Å². The van der Waals surface area contributed by atoms with Gasteiger partial charge in [-0.1, -0.05) is 38.1 Å². The Labute approximate surface area is 165 Å². The fourth-order valence-corrected chi connectivity index (χ4v) is 3.08. The Bertz CT molecular complexity index is 845. The summed E-state index contributed by atoms with van der Waals surface area (Å²) in [4.78, 5) is 38.3. The van der Waals surface area contributed by atoms with Gasteiger partial charge < -0.3 is 15.3 Å². The van der Waals surface area contributed by atoms with E-state index in [0.29, 0.717) is 24.1 Å². The van der Waals surface area contributed by atoms with E-state index in [0.717, 1.165) is 5.69 Å². The van der Waals surface area contributed by atoms with Crippen molar-refractivity contribution in [1.82, 2.24) is 0 Å². The molecule has 0 bridgehead atoms. The van der Waals surface area contributed by atoms with Crippen LogP contribution in [0.15, 0.2) is 54.6 Å². The van der Waals surface area contributed by atoms with Gasteiger partial charge >= 0.3 is 5.97 Å². The Morgan fingerprint density at radius 1 is 1.00 bits per heavy atom. The lowest BCUT2D eigenvalue weighted by Crippen LogP contribution is -2.34. The Kier molecular flexibility index (Phi) is 6.93. The number of hydrogen-bond donors (Lipinski definition) is 2. The lowest BCUT2D eigenvalue weighted by Gasteiger charge is -2.25. The number of anilines is 2. The van der Waals surface area contributed by atoms with Crippen molar-refractivity contribution in [2.24, 2.45) is 5.41 Å². The van der Waals surface area contributed by atoms with Gasteiger partial charge in [0.2, 0.25) is 5.91 Å². The fourth-order valence-electron chi connectivity index (χ4n) is 3.08. The maximum atomic E-state index is 12.7. The molecule has 0 unspecified atom stereocenters. The monoisotopic (exact) mass is 382 g/mol. The minimum absolute atomic E-state index is 0.114. The largest absolute Gasteiger partial charge is 0.481 e. The first kappa shape index (κ1) is 21.2. The Morgan fingerprint density at radius 2 is 1.64 bits per heavy atom. The molecule has 2 amide bonds. The summed E-state index contributed by atoms with van der Waals surface area (Å²) in [6, 6.07) is 15.9. The number of nitrogens with one attached hydrogen (secondary N) is 1. The van der Waals surface area contributed by atoms with Crippen LogP contribution in [0.5, 0.6) is 0 Å². The van der Waals surface area contributed by atoms with Gasteiger partial charge in [0.1, 0.15) is 0 Å². The summed E-state index contributed by atoms with van der Waals surface area (Å²) in [7, 11) is 1.69. The van der Waals surface area contributed by atoms with E-state index in [1.165, 1.54) is 4.90 Å². The molecule has 0 radical (unpaired) electrons. The van der Waals surface area contributed by atoms with Gasteiger partial charge in [0.25, 0.3) is 5.91 Å². The van der Waals surface area contributed by atoms with Crippen molar-refractivity contribution < 1.29 is 19.5 Å². The van der Waals surface area contributed by atoms with Gasteiger partial charge in [-0.15, -0.1) is 0 Å². The normalized spacial score (nSPS) is 11.0. The summed E-state index contributed by atoms with van der Waals surface area (Å²) in [5, 5.41) is 12.2. The number of carboxylic acid groups (broad SMARTS) is 1. The lowest BCUT2D eigenvalue weighted by atomic mass is 9.79. The van der Waals surface area contributed by atoms with Gasteiger partial charge in [-0.3, -0.25) is 14.4 Å². The first-order valence-electron chi connectivity index (χ1n) is 9.29. The van der Waals surface area contributed by atoms with Crippen LogP contribution in [0.2, 0.25) is 0 Å². The summed E-state index contributed by atoms with van der Waals surface area (Å²) >= 11 is 0. The molecule has 2 N–H and O–H groups in total. The van der Waals surface area contributed by atoms with Crippen molar-refractivity contribution in [3.8, 4) is 0 Å². The maximum Gasteiger partial charge on any atom is 0.310 e. The number of carbonyl (C=O) groups is 3. The molecule has 148 valence electrons. The van der Waals surface area contributed by atoms with Crippen molar-refractivity contribution in [2.45, 2.75) is 33.1 Å². The predicted molar refractivity (Wildman–Crippen MR) is 110 cm³/mol. The second-order valence-corrected chi connectivity index (χ2v) is 6.80. The summed E-state index contributed by atoms with van der Waals surface area (Å²) < 4.78 is 0. The molecule has 0 aromatic heterocycles. The average Bonchev–Trinajstić information content (AvgIpc) is 2.71. The summed E-state index contributed by atoms with van der Waals surface area (Å²) in [5.74, 6) is -1.56. The lowest BCUT2D eigenvalue weighted by molar-refractivity contribution is -0.151. The number of hydrogen-bond acceptors (Lipinski definition) is 3. The molecule has 0 spiro atoms. The van der Waals surface area contributed by atoms with Crippen LogP contribution in [0.25, 0.3) is 0 Å². The molecular weight excluding hydrogens is 356 g/mol. The van der Waals surface area contributed by atoms with Gasteiger partial charge in [-0.2, -0.15) is 0 Å². The van der Waals surface area contributed by atoms with E-state index in [4.69, 9.17) is 0 Å². The molecule has 0 aliphatic carbocycles. The van der Waals surface area contributed by atoms with Crippen molar-refractivity contribution in [3.05, 3.63) is 60.2 Å². The highest BCUT2D eigenvalue weighted by atomic mass is 16.4. The molecule has 0 aliphatic heterocycles. The van der Waals surface area contributed by atoms with Crippen LogP contribution in [0, 0.1) is 5.41 Å². The van der Waals surface area contributed by atoms with E-state index in [9.17, 15) is 19.5 Å². The zero-order valence-corrected chi connectivity index (χ0v) is 16.4. The van der Waals surface area contributed by atoms with Crippen molar-refractivity contribution in [3.63, 3.8) is 0 Å². The Hall–Kier alpha value is -3.15. The molecular formula is C22H26N2O4. The molecule has 2 aromatic carbocycles. The highest BCUT2D eigenvalue weighted by Crippen LogP contribution is 2.31. The smallest absolute Gasteiger partial charge is 0.310 e. The van der Waals surface area contributed by atoms with E-state index >= 15 is 0 Å². The van der Waals surface area contributed by atoms with E-state index in [-0.39, 0.29) is 18.2 Å². The Morgan fingerprint density at radius 3 is 2.21 bits per heavy atom. The molecule has 0 fully saturated rings. The molecule has 0 atom stereocenters. The third-order valence-electron chi connectivity index (χ3n) is 5.15. The molecule has 6 nitrogen and oxygen atoms in total. The van der Waals surface area contributed by atoms with Crippen LogP contribution in [-0.2, 0) is 9.59 Å². The van der Waals surface area contributed by atoms with Crippen molar-refractivity contribution in [1.29, 1.82) is 0 Å². The van der Waals surface area contributed by atoms with Crippen LogP contribution in [-0.4, -0.2) is 29.9 Å². The highest BCUT2D eigenvalue weighted by Gasteiger charge is 2.37. The zero-order chi connectivity index (χ0) is 20.7. The molecule has 0 aliphatic rings. The molecule has 0 saturated heterocycles. The Balaban J connectivity index is 2.13. The van der Waals surface area contributed by atoms with Crippen LogP contribution in [0.3, 0.4) is 0 Å². The number of benzene rings is 2. The second kappa shape index (κ2) is 9.17. The van der Waals surface area contributed by atoms with Gasteiger partial charge in [-0.25, -0.2) is 0 Å². The number of amides is 2. The molecule has 2 rings (SSSR count). The van der Waals surface area contributed by atoms with Gasteiger partial charge in [0.15, 0.2) is 0 Å². The first-order valence-corrected chi connectivity index (χ1v) is 9.29. The minimum Gasteiger partial charge on any atom is -0.481 e. The predicted octanol–water partition coefficient (Wildman–Crippen LogP) is 4.18. The first-order chi connectivity index (χ1) is 13.3. The number of carboxylic acids is 1. The van der Waals surface area contributed by atoms with E-state index < -0.39 is 11.4 Å². The number of carbonyl (C=O) groups excluding carboxylic acids is 2. The van der Waals surface area contributed by atoms with Crippen molar-refractivity contribution in [2.75, 3.05) is 17.3 Å².